The molecule has 170 valence electrons. The average Bonchev–Trinajstić information content (AvgIpc) is 2.83. The summed E-state index contributed by atoms with van der Waals surface area (Å²) in [5.74, 6) is -0.624. The van der Waals surface area contributed by atoms with E-state index in [1.54, 1.807) is 12.1 Å². The van der Waals surface area contributed by atoms with Crippen LogP contribution in [-0.4, -0.2) is 52.0 Å². The fraction of sp³-hybridized carbons (Fsp3) is 0.304. The Bertz CT molecular complexity index is 1100. The molecule has 8 nitrogen and oxygen atoms in total. The van der Waals surface area contributed by atoms with Gasteiger partial charge in [-0.25, -0.2) is 18.0 Å². The Kier molecular flexibility index (Phi) is 7.66. The van der Waals surface area contributed by atoms with E-state index in [0.29, 0.717) is 24.2 Å². The molecular formula is C23H25NO7S. The molecule has 1 saturated heterocycles. The maximum atomic E-state index is 13.1. The summed E-state index contributed by atoms with van der Waals surface area (Å²) >= 11 is 0. The van der Waals surface area contributed by atoms with Crippen molar-refractivity contribution in [1.29, 1.82) is 0 Å². The molecule has 0 saturated carbocycles. The van der Waals surface area contributed by atoms with Crippen molar-refractivity contribution >= 4 is 28.0 Å². The Morgan fingerprint density at radius 2 is 1.66 bits per heavy atom. The fourth-order valence-corrected chi connectivity index (χ4v) is 5.04. The zero-order chi connectivity index (χ0) is 23.1. The summed E-state index contributed by atoms with van der Waals surface area (Å²) in [7, 11) is -1.01. The van der Waals surface area contributed by atoms with Crippen LogP contribution in [0, 0.1) is 0 Å². The number of hydrogen-bond donors (Lipinski definition) is 0. The van der Waals surface area contributed by atoms with Crippen molar-refractivity contribution in [1.82, 2.24) is 4.31 Å². The first-order valence-corrected chi connectivity index (χ1v) is 11.6. The van der Waals surface area contributed by atoms with Gasteiger partial charge in [-0.3, -0.25) is 0 Å². The lowest BCUT2D eigenvalue weighted by Gasteiger charge is -2.26. The summed E-state index contributed by atoms with van der Waals surface area (Å²) in [4.78, 5) is 23.7. The number of ether oxygens (including phenoxy) is 3. The highest BCUT2D eigenvalue weighted by atomic mass is 32.2. The highest BCUT2D eigenvalue weighted by molar-refractivity contribution is 7.89. The molecule has 1 aliphatic rings. The lowest BCUT2D eigenvalue weighted by atomic mass is 10.2. The molecule has 0 unspecified atom stereocenters. The van der Waals surface area contributed by atoms with Gasteiger partial charge < -0.3 is 14.2 Å². The van der Waals surface area contributed by atoms with E-state index in [2.05, 4.69) is 4.74 Å². The van der Waals surface area contributed by atoms with E-state index in [9.17, 15) is 18.0 Å². The van der Waals surface area contributed by atoms with Crippen LogP contribution in [-0.2, 0) is 19.6 Å². The lowest BCUT2D eigenvalue weighted by Crippen LogP contribution is -2.35. The highest BCUT2D eigenvalue weighted by Gasteiger charge is 2.29. The van der Waals surface area contributed by atoms with Gasteiger partial charge >= 0.3 is 11.9 Å². The number of methoxy groups -OCH3 is 2. The molecule has 1 aliphatic heterocycles. The first-order valence-electron chi connectivity index (χ1n) is 10.1. The molecule has 9 heteroatoms. The molecule has 0 amide bonds. The van der Waals surface area contributed by atoms with Gasteiger partial charge in [0.1, 0.15) is 16.4 Å². The second-order valence-corrected chi connectivity index (χ2v) is 9.05. The second kappa shape index (κ2) is 10.4. The Balaban J connectivity index is 1.74. The number of nitrogens with zero attached hydrogens (tertiary/aromatic N) is 1. The van der Waals surface area contributed by atoms with Crippen LogP contribution >= 0.6 is 0 Å². The molecule has 2 aromatic carbocycles. The maximum Gasteiger partial charge on any atom is 0.337 e. The maximum absolute atomic E-state index is 13.1. The summed E-state index contributed by atoms with van der Waals surface area (Å²) in [5, 5.41) is 0. The minimum absolute atomic E-state index is 0.0656. The molecule has 0 radical (unpaired) electrons. The molecule has 0 bridgehead atoms. The third-order valence-corrected chi connectivity index (χ3v) is 6.95. The van der Waals surface area contributed by atoms with Crippen molar-refractivity contribution in [3.63, 3.8) is 0 Å². The fourth-order valence-electron chi connectivity index (χ4n) is 3.33. The predicted octanol–water partition coefficient (Wildman–Crippen LogP) is 3.28. The molecule has 2 aromatic rings. The quantitative estimate of drug-likeness (QED) is 0.356. The van der Waals surface area contributed by atoms with Crippen molar-refractivity contribution in [3.8, 4) is 11.5 Å². The SMILES string of the molecule is COC(=O)c1ccc(OC(=O)C=Cc2ccc(OC)c(S(=O)(=O)N3CCCCC3)c2)cc1. The lowest BCUT2D eigenvalue weighted by molar-refractivity contribution is -0.128. The number of esters is 2. The number of piperidine rings is 1. The van der Waals surface area contributed by atoms with Crippen LogP contribution in [0.15, 0.2) is 53.4 Å². The summed E-state index contributed by atoms with van der Waals surface area (Å²) in [6.45, 7) is 0.958. The van der Waals surface area contributed by atoms with E-state index in [1.165, 1.54) is 61.0 Å². The monoisotopic (exact) mass is 459 g/mol. The normalized spacial score (nSPS) is 14.8. The molecule has 0 aromatic heterocycles. The zero-order valence-electron chi connectivity index (χ0n) is 17.9. The molecule has 1 heterocycles. The molecule has 1 fully saturated rings. The van der Waals surface area contributed by atoms with Crippen molar-refractivity contribution in [2.24, 2.45) is 0 Å². The summed E-state index contributed by atoms with van der Waals surface area (Å²) < 4.78 is 42.7. The first-order chi connectivity index (χ1) is 15.3. The van der Waals surface area contributed by atoms with Crippen LogP contribution < -0.4 is 9.47 Å². The van der Waals surface area contributed by atoms with Gasteiger partial charge in [-0.15, -0.1) is 0 Å². The van der Waals surface area contributed by atoms with E-state index in [4.69, 9.17) is 9.47 Å². The van der Waals surface area contributed by atoms with Crippen LogP contribution in [0.4, 0.5) is 0 Å². The predicted molar refractivity (Wildman–Crippen MR) is 118 cm³/mol. The number of rotatable bonds is 7. The Hall–Kier alpha value is -3.17. The second-order valence-electron chi connectivity index (χ2n) is 7.15. The standard InChI is InChI=1S/C23H25NO7S/c1-29-20-12-6-17(16-21(20)32(27,28)24-14-4-3-5-15-24)7-13-22(25)31-19-10-8-18(9-11-19)23(26)30-2/h6-13,16H,3-5,14-15H2,1-2H3. The Morgan fingerprint density at radius 3 is 2.28 bits per heavy atom. The Morgan fingerprint density at radius 1 is 0.969 bits per heavy atom. The van der Waals surface area contributed by atoms with Crippen LogP contribution in [0.1, 0.15) is 35.2 Å². The van der Waals surface area contributed by atoms with E-state index in [-0.39, 0.29) is 16.4 Å². The summed E-state index contributed by atoms with van der Waals surface area (Å²) in [6.07, 6.45) is 5.34. The van der Waals surface area contributed by atoms with Gasteiger partial charge in [0.05, 0.1) is 19.8 Å². The molecule has 0 spiro atoms. The highest BCUT2D eigenvalue weighted by Crippen LogP contribution is 2.30. The smallest absolute Gasteiger partial charge is 0.337 e. The van der Waals surface area contributed by atoms with Gasteiger partial charge in [-0.1, -0.05) is 12.5 Å². The molecular weight excluding hydrogens is 434 g/mol. The number of carbonyl (C=O) groups excluding carboxylic acids is 2. The first kappa shape index (κ1) is 23.5. The molecule has 0 atom stereocenters. The number of benzene rings is 2. The van der Waals surface area contributed by atoms with Crippen molar-refractivity contribution in [3.05, 3.63) is 59.7 Å². The average molecular weight is 460 g/mol. The van der Waals surface area contributed by atoms with Crippen LogP contribution in [0.3, 0.4) is 0 Å². The van der Waals surface area contributed by atoms with E-state index < -0.39 is 22.0 Å². The van der Waals surface area contributed by atoms with Gasteiger partial charge in [0.25, 0.3) is 0 Å². The van der Waals surface area contributed by atoms with Crippen LogP contribution in [0.2, 0.25) is 0 Å². The van der Waals surface area contributed by atoms with Gasteiger partial charge in [-0.2, -0.15) is 4.31 Å². The number of carbonyl (C=O) groups is 2. The van der Waals surface area contributed by atoms with E-state index in [1.807, 2.05) is 0 Å². The molecule has 0 aliphatic carbocycles. The van der Waals surface area contributed by atoms with Gasteiger partial charge in [0, 0.05) is 19.2 Å². The third-order valence-electron chi connectivity index (χ3n) is 5.03. The number of sulfonamides is 1. The Labute approximate surface area is 187 Å². The van der Waals surface area contributed by atoms with Gasteiger partial charge in [0.15, 0.2) is 0 Å². The van der Waals surface area contributed by atoms with Gasteiger partial charge in [0.2, 0.25) is 10.0 Å². The topological polar surface area (TPSA) is 99.2 Å². The summed E-state index contributed by atoms with van der Waals surface area (Å²) in [5.41, 5.74) is 0.850. The zero-order valence-corrected chi connectivity index (χ0v) is 18.8. The largest absolute Gasteiger partial charge is 0.495 e. The van der Waals surface area contributed by atoms with Crippen LogP contribution in [0.5, 0.6) is 11.5 Å². The van der Waals surface area contributed by atoms with Crippen molar-refractivity contribution < 1.29 is 32.2 Å². The van der Waals surface area contributed by atoms with Crippen LogP contribution in [0.25, 0.3) is 6.08 Å². The van der Waals surface area contributed by atoms with E-state index >= 15 is 0 Å². The van der Waals surface area contributed by atoms with Crippen molar-refractivity contribution in [2.75, 3.05) is 27.3 Å². The minimum Gasteiger partial charge on any atom is -0.495 e. The number of hydrogen-bond acceptors (Lipinski definition) is 7. The molecule has 0 N–H and O–H groups in total. The minimum atomic E-state index is -3.71. The third kappa shape index (κ3) is 5.54. The molecule has 32 heavy (non-hydrogen) atoms. The van der Waals surface area contributed by atoms with Gasteiger partial charge in [-0.05, 0) is 60.9 Å². The summed E-state index contributed by atoms with van der Waals surface area (Å²) in [6, 6.07) is 10.6. The van der Waals surface area contributed by atoms with Crippen molar-refractivity contribution in [2.45, 2.75) is 24.2 Å². The van der Waals surface area contributed by atoms with E-state index in [0.717, 1.165) is 19.3 Å². The molecule has 3 rings (SSSR count).